The van der Waals surface area contributed by atoms with E-state index in [1.165, 1.54) is 0 Å². The molecule has 1 aliphatic rings. The van der Waals surface area contributed by atoms with Crippen molar-refractivity contribution in [1.29, 1.82) is 0 Å². The molecule has 1 aromatic rings. The van der Waals surface area contributed by atoms with E-state index < -0.39 is 0 Å². The van der Waals surface area contributed by atoms with Crippen LogP contribution in [-0.2, 0) is 11.2 Å². The minimum absolute atomic E-state index is 0.00660. The molecule has 2 rings (SSSR count). The number of ketones is 1. The Balaban J connectivity index is 2.27. The molecule has 0 aromatic heterocycles. The van der Waals surface area contributed by atoms with E-state index in [-0.39, 0.29) is 17.6 Å². The molecule has 0 saturated heterocycles. The van der Waals surface area contributed by atoms with Crippen LogP contribution in [0.4, 0.5) is 5.69 Å². The Kier molecular flexibility index (Phi) is 3.27. The van der Waals surface area contributed by atoms with Crippen LogP contribution < -0.4 is 5.32 Å². The summed E-state index contributed by atoms with van der Waals surface area (Å²) >= 11 is 0. The number of fused-ring (bicyclic) bond motifs is 1. The molecule has 0 radical (unpaired) electrons. The maximum Gasteiger partial charge on any atom is 0.228 e. The third-order valence-corrected chi connectivity index (χ3v) is 3.37. The monoisotopic (exact) mass is 231 g/mol. The topological polar surface area (TPSA) is 46.2 Å². The number of hydrogen-bond acceptors (Lipinski definition) is 2. The molecule has 0 unspecified atom stereocenters. The zero-order valence-electron chi connectivity index (χ0n) is 10.2. The third kappa shape index (κ3) is 2.23. The molecular formula is C14H17NO2. The third-order valence-electron chi connectivity index (χ3n) is 3.37. The fourth-order valence-corrected chi connectivity index (χ4v) is 2.28. The molecule has 1 heterocycles. The van der Waals surface area contributed by atoms with Gasteiger partial charge in [-0.05, 0) is 36.6 Å². The first-order valence-corrected chi connectivity index (χ1v) is 6.12. The minimum atomic E-state index is 0.00660. The van der Waals surface area contributed by atoms with E-state index in [1.807, 2.05) is 32.0 Å². The number of hydrogen-bond donors (Lipinski definition) is 1. The average Bonchev–Trinajstić information content (AvgIpc) is 2.69. The molecule has 1 aliphatic heterocycles. The first kappa shape index (κ1) is 11.8. The zero-order chi connectivity index (χ0) is 12.4. The van der Waals surface area contributed by atoms with Crippen LogP contribution in [0.25, 0.3) is 0 Å². The molecule has 0 saturated carbocycles. The van der Waals surface area contributed by atoms with Gasteiger partial charge in [0, 0.05) is 17.2 Å². The summed E-state index contributed by atoms with van der Waals surface area (Å²) in [6.45, 7) is 4.06. The molecule has 0 bridgehead atoms. The standard InChI is InChI=1S/C14H17NO2/c1-3-9(4-2)14(17)10-5-6-12-11(7-10)8-13(16)15-12/h5-7,9H,3-4,8H2,1-2H3,(H,15,16). The average molecular weight is 231 g/mol. The number of anilines is 1. The number of carbonyl (C=O) groups excluding carboxylic acids is 2. The van der Waals surface area contributed by atoms with E-state index in [4.69, 9.17) is 0 Å². The summed E-state index contributed by atoms with van der Waals surface area (Å²) in [5.74, 6) is 0.294. The lowest BCUT2D eigenvalue weighted by Crippen LogP contribution is -2.13. The van der Waals surface area contributed by atoms with Gasteiger partial charge in [-0.3, -0.25) is 9.59 Å². The quantitative estimate of drug-likeness (QED) is 0.810. The van der Waals surface area contributed by atoms with Gasteiger partial charge in [0.25, 0.3) is 0 Å². The van der Waals surface area contributed by atoms with E-state index in [0.29, 0.717) is 6.42 Å². The second-order valence-electron chi connectivity index (χ2n) is 4.47. The summed E-state index contributed by atoms with van der Waals surface area (Å²) in [6, 6.07) is 5.49. The van der Waals surface area contributed by atoms with Crippen molar-refractivity contribution in [2.75, 3.05) is 5.32 Å². The van der Waals surface area contributed by atoms with Crippen molar-refractivity contribution in [3.8, 4) is 0 Å². The first-order chi connectivity index (χ1) is 8.15. The van der Waals surface area contributed by atoms with Crippen molar-refractivity contribution in [2.24, 2.45) is 5.92 Å². The van der Waals surface area contributed by atoms with Crippen molar-refractivity contribution < 1.29 is 9.59 Å². The second-order valence-corrected chi connectivity index (χ2v) is 4.47. The van der Waals surface area contributed by atoms with Crippen LogP contribution in [0, 0.1) is 5.92 Å². The highest BCUT2D eigenvalue weighted by Crippen LogP contribution is 2.25. The SMILES string of the molecule is CCC(CC)C(=O)c1ccc2c(c1)CC(=O)N2. The lowest BCUT2D eigenvalue weighted by Gasteiger charge is -2.11. The van der Waals surface area contributed by atoms with Crippen LogP contribution in [0.15, 0.2) is 18.2 Å². The van der Waals surface area contributed by atoms with Crippen molar-refractivity contribution in [1.82, 2.24) is 0 Å². The van der Waals surface area contributed by atoms with Gasteiger partial charge in [-0.1, -0.05) is 13.8 Å². The molecule has 0 aliphatic carbocycles. The number of nitrogens with one attached hydrogen (secondary N) is 1. The largest absolute Gasteiger partial charge is 0.326 e. The van der Waals surface area contributed by atoms with Gasteiger partial charge in [-0.25, -0.2) is 0 Å². The lowest BCUT2D eigenvalue weighted by atomic mass is 9.92. The number of rotatable bonds is 4. The van der Waals surface area contributed by atoms with Gasteiger partial charge in [-0.15, -0.1) is 0 Å². The van der Waals surface area contributed by atoms with Crippen LogP contribution in [0.3, 0.4) is 0 Å². The van der Waals surface area contributed by atoms with Crippen LogP contribution >= 0.6 is 0 Å². The van der Waals surface area contributed by atoms with Crippen LogP contribution in [0.1, 0.15) is 42.6 Å². The molecule has 1 N–H and O–H groups in total. The fourth-order valence-electron chi connectivity index (χ4n) is 2.28. The smallest absolute Gasteiger partial charge is 0.228 e. The molecule has 17 heavy (non-hydrogen) atoms. The maximum absolute atomic E-state index is 12.2. The molecule has 0 atom stereocenters. The van der Waals surface area contributed by atoms with Crippen LogP contribution in [-0.4, -0.2) is 11.7 Å². The highest BCUT2D eigenvalue weighted by molar-refractivity contribution is 6.02. The zero-order valence-corrected chi connectivity index (χ0v) is 10.2. The van der Waals surface area contributed by atoms with Gasteiger partial charge in [0.1, 0.15) is 0 Å². The number of amides is 1. The molecule has 0 fully saturated rings. The number of Topliss-reactive ketones (excluding diaryl/α,β-unsaturated/α-hetero) is 1. The number of carbonyl (C=O) groups is 2. The number of benzene rings is 1. The molecule has 3 nitrogen and oxygen atoms in total. The van der Waals surface area contributed by atoms with Crippen LogP contribution in [0.2, 0.25) is 0 Å². The van der Waals surface area contributed by atoms with Crippen molar-refractivity contribution in [3.05, 3.63) is 29.3 Å². The summed E-state index contributed by atoms with van der Waals surface area (Å²) in [4.78, 5) is 23.4. The maximum atomic E-state index is 12.2. The normalized spacial score (nSPS) is 13.7. The summed E-state index contributed by atoms with van der Waals surface area (Å²) < 4.78 is 0. The Morgan fingerprint density at radius 3 is 2.71 bits per heavy atom. The van der Waals surface area contributed by atoms with Gasteiger partial charge in [0.15, 0.2) is 5.78 Å². The molecule has 1 amide bonds. The summed E-state index contributed by atoms with van der Waals surface area (Å²) in [6.07, 6.45) is 2.12. The Bertz CT molecular complexity index is 461. The molecular weight excluding hydrogens is 214 g/mol. The van der Waals surface area contributed by atoms with Gasteiger partial charge < -0.3 is 5.32 Å². The van der Waals surface area contributed by atoms with Gasteiger partial charge in [0.2, 0.25) is 5.91 Å². The molecule has 0 spiro atoms. The Morgan fingerprint density at radius 2 is 2.06 bits per heavy atom. The van der Waals surface area contributed by atoms with Gasteiger partial charge >= 0.3 is 0 Å². The predicted octanol–water partition coefficient (Wildman–Crippen LogP) is 2.80. The Labute approximate surface area is 101 Å². The van der Waals surface area contributed by atoms with Crippen LogP contribution in [0.5, 0.6) is 0 Å². The Morgan fingerprint density at radius 1 is 1.35 bits per heavy atom. The fraction of sp³-hybridized carbons (Fsp3) is 0.429. The Hall–Kier alpha value is -1.64. The predicted molar refractivity (Wildman–Crippen MR) is 67.2 cm³/mol. The minimum Gasteiger partial charge on any atom is -0.326 e. The second kappa shape index (κ2) is 4.70. The molecule has 90 valence electrons. The van der Waals surface area contributed by atoms with Crippen molar-refractivity contribution in [3.63, 3.8) is 0 Å². The van der Waals surface area contributed by atoms with E-state index in [1.54, 1.807) is 0 Å². The van der Waals surface area contributed by atoms with Gasteiger partial charge in [0.05, 0.1) is 6.42 Å². The van der Waals surface area contributed by atoms with Gasteiger partial charge in [-0.2, -0.15) is 0 Å². The molecule has 3 heteroatoms. The highest BCUT2D eigenvalue weighted by Gasteiger charge is 2.21. The first-order valence-electron chi connectivity index (χ1n) is 6.12. The molecule has 1 aromatic carbocycles. The van der Waals surface area contributed by atoms with E-state index in [0.717, 1.165) is 29.7 Å². The lowest BCUT2D eigenvalue weighted by molar-refractivity contribution is -0.115. The van der Waals surface area contributed by atoms with Crippen molar-refractivity contribution >= 4 is 17.4 Å². The van der Waals surface area contributed by atoms with E-state index >= 15 is 0 Å². The van der Waals surface area contributed by atoms with E-state index in [9.17, 15) is 9.59 Å². The summed E-state index contributed by atoms with van der Waals surface area (Å²) in [5, 5.41) is 2.77. The van der Waals surface area contributed by atoms with E-state index in [2.05, 4.69) is 5.32 Å². The van der Waals surface area contributed by atoms with Crippen molar-refractivity contribution in [2.45, 2.75) is 33.1 Å². The summed E-state index contributed by atoms with van der Waals surface area (Å²) in [5.41, 5.74) is 2.51. The summed E-state index contributed by atoms with van der Waals surface area (Å²) in [7, 11) is 0. The highest BCUT2D eigenvalue weighted by atomic mass is 16.1.